The molecule has 0 spiro atoms. The number of pyridine rings is 1. The summed E-state index contributed by atoms with van der Waals surface area (Å²) in [5.74, 6) is 1.07. The number of hydrogen-bond acceptors (Lipinski definition) is 3. The van der Waals surface area contributed by atoms with Crippen LogP contribution in [0.4, 0.5) is 5.82 Å². The van der Waals surface area contributed by atoms with Gasteiger partial charge in [-0.3, -0.25) is 4.79 Å². The van der Waals surface area contributed by atoms with Crippen LogP contribution < -0.4 is 10.1 Å². The number of carbonyl (C=O) groups excluding carboxylic acids is 1. The van der Waals surface area contributed by atoms with Crippen LogP contribution in [0.3, 0.4) is 0 Å². The van der Waals surface area contributed by atoms with E-state index >= 15 is 0 Å². The van der Waals surface area contributed by atoms with Gasteiger partial charge in [-0.15, -0.1) is 0 Å². The van der Waals surface area contributed by atoms with E-state index in [2.05, 4.69) is 26.2 Å². The maximum Gasteiger partial charge on any atom is 0.249 e. The lowest BCUT2D eigenvalue weighted by molar-refractivity contribution is -0.111. The Labute approximate surface area is 132 Å². The van der Waals surface area contributed by atoms with Crippen molar-refractivity contribution in [2.24, 2.45) is 0 Å². The zero-order chi connectivity index (χ0) is 15.2. The van der Waals surface area contributed by atoms with Crippen LogP contribution in [0.25, 0.3) is 6.08 Å². The van der Waals surface area contributed by atoms with E-state index < -0.39 is 0 Å². The Morgan fingerprint density at radius 3 is 2.81 bits per heavy atom. The first-order valence-electron chi connectivity index (χ1n) is 6.34. The largest absolute Gasteiger partial charge is 0.496 e. The van der Waals surface area contributed by atoms with E-state index in [0.29, 0.717) is 5.82 Å². The van der Waals surface area contributed by atoms with Crippen LogP contribution in [-0.2, 0) is 4.79 Å². The maximum atomic E-state index is 11.8. The maximum absolute atomic E-state index is 11.8. The molecule has 0 saturated heterocycles. The second-order valence-electron chi connectivity index (χ2n) is 4.43. The fourth-order valence-corrected chi connectivity index (χ4v) is 2.29. The summed E-state index contributed by atoms with van der Waals surface area (Å²) in [6, 6.07) is 9.28. The van der Waals surface area contributed by atoms with Crippen molar-refractivity contribution in [3.63, 3.8) is 0 Å². The molecule has 108 valence electrons. The van der Waals surface area contributed by atoms with Gasteiger partial charge in [-0.1, -0.05) is 6.07 Å². The summed E-state index contributed by atoms with van der Waals surface area (Å²) in [5, 5.41) is 2.72. The van der Waals surface area contributed by atoms with Crippen LogP contribution in [0.2, 0.25) is 0 Å². The van der Waals surface area contributed by atoms with E-state index in [4.69, 9.17) is 4.74 Å². The van der Waals surface area contributed by atoms with Gasteiger partial charge < -0.3 is 10.1 Å². The predicted molar refractivity (Wildman–Crippen MR) is 87.3 cm³/mol. The number of rotatable bonds is 4. The van der Waals surface area contributed by atoms with Crippen molar-refractivity contribution in [3.05, 3.63) is 58.2 Å². The minimum Gasteiger partial charge on any atom is -0.496 e. The first kappa shape index (κ1) is 15.3. The number of amides is 1. The topological polar surface area (TPSA) is 51.2 Å². The molecule has 1 amide bonds. The third-order valence-corrected chi connectivity index (χ3v) is 3.39. The number of carbonyl (C=O) groups is 1. The van der Waals surface area contributed by atoms with Gasteiger partial charge in [-0.25, -0.2) is 4.98 Å². The van der Waals surface area contributed by atoms with E-state index in [1.165, 1.54) is 6.08 Å². The van der Waals surface area contributed by atoms with Gasteiger partial charge in [0.25, 0.3) is 0 Å². The summed E-state index contributed by atoms with van der Waals surface area (Å²) < 4.78 is 6.00. The molecule has 2 aromatic rings. The van der Waals surface area contributed by atoms with Gasteiger partial charge >= 0.3 is 0 Å². The van der Waals surface area contributed by atoms with Gasteiger partial charge in [0.15, 0.2) is 0 Å². The number of aromatic nitrogens is 1. The molecule has 0 bridgehead atoms. The number of aryl methyl sites for hydroxylation is 1. The first-order valence-corrected chi connectivity index (χ1v) is 7.13. The molecule has 0 unspecified atom stereocenters. The quantitative estimate of drug-likeness (QED) is 0.856. The molecule has 1 aromatic heterocycles. The highest BCUT2D eigenvalue weighted by Gasteiger charge is 2.01. The Morgan fingerprint density at radius 2 is 2.14 bits per heavy atom. The van der Waals surface area contributed by atoms with Gasteiger partial charge in [0.1, 0.15) is 11.6 Å². The van der Waals surface area contributed by atoms with E-state index in [1.807, 2.05) is 37.3 Å². The number of nitrogens with one attached hydrogen (secondary N) is 1. The monoisotopic (exact) mass is 346 g/mol. The highest BCUT2D eigenvalue weighted by atomic mass is 79.9. The van der Waals surface area contributed by atoms with Crippen LogP contribution in [-0.4, -0.2) is 18.0 Å². The summed E-state index contributed by atoms with van der Waals surface area (Å²) in [7, 11) is 1.61. The van der Waals surface area contributed by atoms with Crippen molar-refractivity contribution in [1.29, 1.82) is 0 Å². The number of benzene rings is 1. The number of anilines is 1. The predicted octanol–water partition coefficient (Wildman–Crippen LogP) is 3.81. The molecule has 0 radical (unpaired) electrons. The third kappa shape index (κ3) is 4.43. The van der Waals surface area contributed by atoms with Crippen LogP contribution in [0.5, 0.6) is 5.75 Å². The van der Waals surface area contributed by atoms with Crippen molar-refractivity contribution < 1.29 is 9.53 Å². The lowest BCUT2D eigenvalue weighted by Crippen LogP contribution is -2.09. The van der Waals surface area contributed by atoms with Crippen molar-refractivity contribution in [2.45, 2.75) is 6.92 Å². The average Bonchev–Trinajstić information content (AvgIpc) is 2.45. The molecular weight excluding hydrogens is 332 g/mol. The molecule has 0 aliphatic carbocycles. The van der Waals surface area contributed by atoms with Crippen LogP contribution in [0.1, 0.15) is 11.1 Å². The summed E-state index contributed by atoms with van der Waals surface area (Å²) in [5.41, 5.74) is 1.94. The lowest BCUT2D eigenvalue weighted by atomic mass is 10.2. The second-order valence-corrected chi connectivity index (χ2v) is 5.29. The fourth-order valence-electron chi connectivity index (χ4n) is 1.73. The Bertz CT molecular complexity index is 684. The van der Waals surface area contributed by atoms with Gasteiger partial charge in [0.05, 0.1) is 11.6 Å². The molecule has 0 aliphatic rings. The van der Waals surface area contributed by atoms with Crippen molar-refractivity contribution in [1.82, 2.24) is 4.98 Å². The molecule has 1 aromatic carbocycles. The minimum atomic E-state index is -0.222. The van der Waals surface area contributed by atoms with Gasteiger partial charge in [-0.05, 0) is 64.3 Å². The van der Waals surface area contributed by atoms with Gasteiger partial charge in [-0.2, -0.15) is 0 Å². The van der Waals surface area contributed by atoms with Crippen molar-refractivity contribution >= 4 is 33.7 Å². The molecule has 4 nitrogen and oxygen atoms in total. The Morgan fingerprint density at radius 1 is 1.33 bits per heavy atom. The number of hydrogen-bond donors (Lipinski definition) is 1. The molecule has 1 heterocycles. The van der Waals surface area contributed by atoms with Crippen molar-refractivity contribution in [3.8, 4) is 5.75 Å². The Kier molecular flexibility index (Phi) is 5.11. The van der Waals surface area contributed by atoms with E-state index in [-0.39, 0.29) is 5.91 Å². The van der Waals surface area contributed by atoms with Crippen LogP contribution in [0.15, 0.2) is 47.1 Å². The average molecular weight is 347 g/mol. The molecule has 0 atom stereocenters. The third-order valence-electron chi connectivity index (χ3n) is 2.77. The summed E-state index contributed by atoms with van der Waals surface area (Å²) >= 11 is 3.41. The molecule has 1 N–H and O–H groups in total. The fraction of sp³-hybridized carbons (Fsp3) is 0.125. The SMILES string of the molecule is COc1ccc(/C=C/C(=O)Nc2cc(C)ccn2)cc1Br. The lowest BCUT2D eigenvalue weighted by Gasteiger charge is -2.04. The number of ether oxygens (including phenoxy) is 1. The molecule has 0 aliphatic heterocycles. The Hall–Kier alpha value is -2.14. The summed E-state index contributed by atoms with van der Waals surface area (Å²) in [6.45, 7) is 1.95. The highest BCUT2D eigenvalue weighted by Crippen LogP contribution is 2.25. The zero-order valence-electron chi connectivity index (χ0n) is 11.8. The zero-order valence-corrected chi connectivity index (χ0v) is 13.3. The number of nitrogens with zero attached hydrogens (tertiary/aromatic N) is 1. The number of methoxy groups -OCH3 is 1. The Balaban J connectivity index is 2.03. The molecule has 5 heteroatoms. The van der Waals surface area contributed by atoms with Gasteiger partial charge in [0, 0.05) is 12.3 Å². The molecular formula is C16H15BrN2O2. The van der Waals surface area contributed by atoms with Crippen molar-refractivity contribution in [2.75, 3.05) is 12.4 Å². The normalized spacial score (nSPS) is 10.6. The van der Waals surface area contributed by atoms with E-state index in [1.54, 1.807) is 19.4 Å². The van der Waals surface area contributed by atoms with E-state index in [0.717, 1.165) is 21.3 Å². The molecule has 2 rings (SSSR count). The van der Waals surface area contributed by atoms with Crippen LogP contribution >= 0.6 is 15.9 Å². The summed E-state index contributed by atoms with van der Waals surface area (Å²) in [4.78, 5) is 15.9. The van der Waals surface area contributed by atoms with Gasteiger partial charge in [0.2, 0.25) is 5.91 Å². The van der Waals surface area contributed by atoms with Crippen LogP contribution in [0, 0.1) is 6.92 Å². The number of halogens is 1. The molecule has 21 heavy (non-hydrogen) atoms. The molecule has 0 fully saturated rings. The first-order chi connectivity index (χ1) is 10.1. The second kappa shape index (κ2) is 7.04. The minimum absolute atomic E-state index is 0.222. The van der Waals surface area contributed by atoms with E-state index in [9.17, 15) is 4.79 Å². The molecule has 0 saturated carbocycles. The standard InChI is InChI=1S/C16H15BrN2O2/c1-11-7-8-18-15(9-11)19-16(20)6-4-12-3-5-14(21-2)13(17)10-12/h3-10H,1-2H3,(H,18,19,20)/b6-4+. The smallest absolute Gasteiger partial charge is 0.249 e. The summed E-state index contributed by atoms with van der Waals surface area (Å²) in [6.07, 6.45) is 4.86. The highest BCUT2D eigenvalue weighted by molar-refractivity contribution is 9.10.